The second-order valence-corrected chi connectivity index (χ2v) is 4.66. The van der Waals surface area contributed by atoms with E-state index in [0.717, 1.165) is 17.7 Å². The number of rotatable bonds is 4. The van der Waals surface area contributed by atoms with E-state index in [1.54, 1.807) is 0 Å². The molecule has 92 valence electrons. The number of carbonyl (C=O) groups is 1. The Balaban J connectivity index is 2.15. The molecule has 0 amide bonds. The summed E-state index contributed by atoms with van der Waals surface area (Å²) in [7, 11) is 0. The highest BCUT2D eigenvalue weighted by molar-refractivity contribution is 5.76. The maximum absolute atomic E-state index is 11.4. The summed E-state index contributed by atoms with van der Waals surface area (Å²) in [6.45, 7) is 1.32. The number of hydrogen-bond acceptors (Lipinski definition) is 3. The van der Waals surface area contributed by atoms with Gasteiger partial charge in [-0.15, -0.1) is 0 Å². The first-order valence-corrected chi connectivity index (χ1v) is 5.79. The number of aliphatic hydroxyl groups excluding tert-OH is 1. The van der Waals surface area contributed by atoms with Gasteiger partial charge in [0.25, 0.3) is 0 Å². The van der Waals surface area contributed by atoms with Gasteiger partial charge in [-0.3, -0.25) is 4.79 Å². The van der Waals surface area contributed by atoms with E-state index in [1.165, 1.54) is 0 Å². The van der Waals surface area contributed by atoms with Crippen LogP contribution in [-0.4, -0.2) is 29.3 Å². The molecule has 4 heteroatoms. The van der Waals surface area contributed by atoms with Gasteiger partial charge in [-0.05, 0) is 30.5 Å². The van der Waals surface area contributed by atoms with Gasteiger partial charge in [0.1, 0.15) is 0 Å². The second kappa shape index (κ2) is 4.85. The van der Waals surface area contributed by atoms with Crippen LogP contribution in [0.4, 0.5) is 0 Å². The topological polar surface area (TPSA) is 69.6 Å². The van der Waals surface area contributed by atoms with Crippen LogP contribution in [0.3, 0.4) is 0 Å². The highest BCUT2D eigenvalue weighted by Gasteiger charge is 2.41. The van der Waals surface area contributed by atoms with Gasteiger partial charge >= 0.3 is 5.97 Å². The summed E-state index contributed by atoms with van der Waals surface area (Å²) in [5.74, 6) is -0.728. The van der Waals surface area contributed by atoms with Crippen LogP contribution in [0.15, 0.2) is 24.3 Å². The summed E-state index contributed by atoms with van der Waals surface area (Å²) in [6.07, 6.45) is 1.21. The lowest BCUT2D eigenvalue weighted by Crippen LogP contribution is -2.35. The molecule has 2 rings (SSSR count). The Morgan fingerprint density at radius 3 is 2.41 bits per heavy atom. The maximum Gasteiger partial charge on any atom is 0.311 e. The molecular weight excluding hydrogens is 218 g/mol. The number of carboxylic acids is 1. The van der Waals surface area contributed by atoms with E-state index in [0.29, 0.717) is 19.4 Å². The maximum atomic E-state index is 11.4. The number of benzene rings is 1. The molecule has 0 radical (unpaired) electrons. The first-order chi connectivity index (χ1) is 8.16. The van der Waals surface area contributed by atoms with Crippen LogP contribution in [0, 0.1) is 5.41 Å². The number of nitrogens with one attached hydrogen (secondary N) is 1. The first kappa shape index (κ1) is 12.1. The molecule has 1 aromatic carbocycles. The second-order valence-electron chi connectivity index (χ2n) is 4.66. The zero-order chi connectivity index (χ0) is 12.3. The standard InChI is InChI=1S/C13H17NO3/c15-8-11-3-1-10(2-4-11)7-13(12(16)17)5-6-14-9-13/h1-4,14-15H,5-9H2,(H,16,17). The summed E-state index contributed by atoms with van der Waals surface area (Å²) in [6, 6.07) is 7.48. The van der Waals surface area contributed by atoms with Crippen molar-refractivity contribution in [2.75, 3.05) is 13.1 Å². The molecule has 0 aliphatic carbocycles. The minimum atomic E-state index is -0.728. The number of hydrogen-bond donors (Lipinski definition) is 3. The third kappa shape index (κ3) is 2.48. The lowest BCUT2D eigenvalue weighted by atomic mass is 9.81. The molecular formula is C13H17NO3. The number of aliphatic carboxylic acids is 1. The van der Waals surface area contributed by atoms with E-state index < -0.39 is 11.4 Å². The molecule has 1 atom stereocenters. The molecule has 0 spiro atoms. The zero-order valence-electron chi connectivity index (χ0n) is 9.65. The van der Waals surface area contributed by atoms with Crippen LogP contribution >= 0.6 is 0 Å². The van der Waals surface area contributed by atoms with Crippen molar-refractivity contribution in [3.63, 3.8) is 0 Å². The van der Waals surface area contributed by atoms with Crippen LogP contribution in [0.25, 0.3) is 0 Å². The Bertz CT molecular complexity index is 394. The Morgan fingerprint density at radius 2 is 1.94 bits per heavy atom. The average Bonchev–Trinajstić information content (AvgIpc) is 2.80. The largest absolute Gasteiger partial charge is 0.481 e. The summed E-state index contributed by atoms with van der Waals surface area (Å²) in [5, 5.41) is 21.4. The molecule has 1 heterocycles. The molecule has 1 unspecified atom stereocenters. The summed E-state index contributed by atoms with van der Waals surface area (Å²) < 4.78 is 0. The van der Waals surface area contributed by atoms with E-state index in [2.05, 4.69) is 5.32 Å². The zero-order valence-corrected chi connectivity index (χ0v) is 9.65. The van der Waals surface area contributed by atoms with Crippen molar-refractivity contribution in [1.82, 2.24) is 5.32 Å². The Morgan fingerprint density at radius 1 is 1.29 bits per heavy atom. The van der Waals surface area contributed by atoms with Gasteiger partial charge in [0.2, 0.25) is 0 Å². The molecule has 1 fully saturated rings. The Hall–Kier alpha value is -1.39. The van der Waals surface area contributed by atoms with Crippen molar-refractivity contribution in [2.45, 2.75) is 19.4 Å². The van der Waals surface area contributed by atoms with Crippen molar-refractivity contribution in [3.05, 3.63) is 35.4 Å². The number of carboxylic acid groups (broad SMARTS) is 1. The van der Waals surface area contributed by atoms with Gasteiger partial charge < -0.3 is 15.5 Å². The molecule has 17 heavy (non-hydrogen) atoms. The van der Waals surface area contributed by atoms with Gasteiger partial charge in [-0.2, -0.15) is 0 Å². The number of aliphatic hydroxyl groups is 1. The van der Waals surface area contributed by atoms with Gasteiger partial charge in [0.05, 0.1) is 12.0 Å². The molecule has 1 aliphatic heterocycles. The van der Waals surface area contributed by atoms with Gasteiger partial charge in [0, 0.05) is 6.54 Å². The van der Waals surface area contributed by atoms with Crippen LogP contribution in [0.1, 0.15) is 17.5 Å². The minimum absolute atomic E-state index is 0.0198. The molecule has 4 nitrogen and oxygen atoms in total. The predicted octanol–water partition coefficient (Wildman–Crippen LogP) is 0.786. The van der Waals surface area contributed by atoms with Gasteiger partial charge in [-0.25, -0.2) is 0 Å². The van der Waals surface area contributed by atoms with Gasteiger partial charge in [-0.1, -0.05) is 24.3 Å². The SMILES string of the molecule is O=C(O)C1(Cc2ccc(CO)cc2)CCNC1. The van der Waals surface area contributed by atoms with Crippen molar-refractivity contribution in [2.24, 2.45) is 5.41 Å². The molecule has 3 N–H and O–H groups in total. The molecule has 1 aliphatic rings. The van der Waals surface area contributed by atoms with E-state index in [-0.39, 0.29) is 6.61 Å². The van der Waals surface area contributed by atoms with E-state index >= 15 is 0 Å². The monoisotopic (exact) mass is 235 g/mol. The predicted molar refractivity (Wildman–Crippen MR) is 63.6 cm³/mol. The van der Waals surface area contributed by atoms with Crippen LogP contribution in [0.2, 0.25) is 0 Å². The smallest absolute Gasteiger partial charge is 0.311 e. The minimum Gasteiger partial charge on any atom is -0.481 e. The third-order valence-corrected chi connectivity index (χ3v) is 3.45. The van der Waals surface area contributed by atoms with Crippen molar-refractivity contribution in [1.29, 1.82) is 0 Å². The van der Waals surface area contributed by atoms with Gasteiger partial charge in [0.15, 0.2) is 0 Å². The van der Waals surface area contributed by atoms with Crippen LogP contribution in [-0.2, 0) is 17.8 Å². The van der Waals surface area contributed by atoms with Crippen molar-refractivity contribution in [3.8, 4) is 0 Å². The summed E-state index contributed by atoms with van der Waals surface area (Å²) in [4.78, 5) is 11.4. The van der Waals surface area contributed by atoms with Crippen molar-refractivity contribution < 1.29 is 15.0 Å². The molecule has 1 aromatic rings. The quantitative estimate of drug-likeness (QED) is 0.721. The summed E-state index contributed by atoms with van der Waals surface area (Å²) >= 11 is 0. The highest BCUT2D eigenvalue weighted by Crippen LogP contribution is 2.30. The third-order valence-electron chi connectivity index (χ3n) is 3.45. The fourth-order valence-corrected chi connectivity index (χ4v) is 2.31. The van der Waals surface area contributed by atoms with E-state index in [1.807, 2.05) is 24.3 Å². The van der Waals surface area contributed by atoms with E-state index in [4.69, 9.17) is 5.11 Å². The molecule has 1 saturated heterocycles. The fraction of sp³-hybridized carbons (Fsp3) is 0.462. The molecule has 0 aromatic heterocycles. The van der Waals surface area contributed by atoms with Crippen molar-refractivity contribution >= 4 is 5.97 Å². The normalized spacial score (nSPS) is 23.8. The lowest BCUT2D eigenvalue weighted by Gasteiger charge is -2.22. The highest BCUT2D eigenvalue weighted by atomic mass is 16.4. The van der Waals surface area contributed by atoms with Crippen LogP contribution < -0.4 is 5.32 Å². The van der Waals surface area contributed by atoms with E-state index in [9.17, 15) is 9.90 Å². The average molecular weight is 235 g/mol. The Labute approximate surface area is 100 Å². The first-order valence-electron chi connectivity index (χ1n) is 5.79. The molecule has 0 saturated carbocycles. The fourth-order valence-electron chi connectivity index (χ4n) is 2.31. The van der Waals surface area contributed by atoms with Crippen LogP contribution in [0.5, 0.6) is 0 Å². The molecule has 0 bridgehead atoms. The Kier molecular flexibility index (Phi) is 3.45. The summed E-state index contributed by atoms with van der Waals surface area (Å²) in [5.41, 5.74) is 1.19. The lowest BCUT2D eigenvalue weighted by molar-refractivity contribution is -0.147.